The number of fused-ring (bicyclic) bond motifs is 8. The van der Waals surface area contributed by atoms with Crippen molar-refractivity contribution in [1.82, 2.24) is 10.3 Å². The Morgan fingerprint density at radius 3 is 2.12 bits per heavy atom. The van der Waals surface area contributed by atoms with Gasteiger partial charge in [0.15, 0.2) is 11.7 Å². The maximum absolute atomic E-state index is 6.57. The molecule has 1 aliphatic rings. The maximum atomic E-state index is 6.57. The highest BCUT2D eigenvalue weighted by Gasteiger charge is 2.24. The first kappa shape index (κ1) is 27.0. The standard InChI is InChI=1S/C42H26N4OS/c1-3-11-26(12-4-1)39-44-40(29-19-18-25-10-7-8-15-28(25)24-29)46-41(45-39)32-17-9-16-31-30(32)20-22-34-36(31)33-21-23-35-37(38(33)47-34)43-42(48-35)27-13-5-2-6-14-27/h1-24,41H,(H,44,45,46). The van der Waals surface area contributed by atoms with Gasteiger partial charge in [0, 0.05) is 33.0 Å². The van der Waals surface area contributed by atoms with Gasteiger partial charge < -0.3 is 9.73 Å². The number of furan rings is 1. The molecule has 0 aliphatic carbocycles. The van der Waals surface area contributed by atoms with E-state index in [2.05, 4.69) is 115 Å². The highest BCUT2D eigenvalue weighted by molar-refractivity contribution is 7.21. The summed E-state index contributed by atoms with van der Waals surface area (Å²) in [6, 6.07) is 50.5. The number of hydrogen-bond acceptors (Lipinski definition) is 6. The molecular weight excluding hydrogens is 609 g/mol. The summed E-state index contributed by atoms with van der Waals surface area (Å²) in [6.07, 6.45) is -0.444. The molecule has 0 radical (unpaired) electrons. The van der Waals surface area contributed by atoms with E-state index in [0.717, 1.165) is 81.9 Å². The van der Waals surface area contributed by atoms with Crippen molar-refractivity contribution in [1.29, 1.82) is 0 Å². The van der Waals surface area contributed by atoms with E-state index in [1.807, 2.05) is 36.4 Å². The fourth-order valence-corrected chi connectivity index (χ4v) is 7.82. The Bertz CT molecular complexity index is 2760. The smallest absolute Gasteiger partial charge is 0.170 e. The predicted molar refractivity (Wildman–Crippen MR) is 199 cm³/mol. The van der Waals surface area contributed by atoms with E-state index in [9.17, 15) is 0 Å². The molecule has 5 nitrogen and oxygen atoms in total. The van der Waals surface area contributed by atoms with Gasteiger partial charge in [0.25, 0.3) is 0 Å². The Hall–Kier alpha value is -6.11. The minimum atomic E-state index is -0.444. The predicted octanol–water partition coefficient (Wildman–Crippen LogP) is 10.7. The van der Waals surface area contributed by atoms with Gasteiger partial charge in [0.05, 0.1) is 4.70 Å². The van der Waals surface area contributed by atoms with Gasteiger partial charge in [-0.1, -0.05) is 121 Å². The average Bonchev–Trinajstić information content (AvgIpc) is 3.77. The number of hydrogen-bond donors (Lipinski definition) is 1. The number of rotatable bonds is 4. The average molecular weight is 635 g/mol. The van der Waals surface area contributed by atoms with Crippen molar-refractivity contribution in [2.45, 2.75) is 6.17 Å². The second-order valence-corrected chi connectivity index (χ2v) is 13.1. The molecule has 0 saturated heterocycles. The quantitative estimate of drug-likeness (QED) is 0.210. The van der Waals surface area contributed by atoms with Gasteiger partial charge in [-0.2, -0.15) is 0 Å². The molecule has 6 heteroatoms. The van der Waals surface area contributed by atoms with E-state index in [0.29, 0.717) is 0 Å². The van der Waals surface area contributed by atoms with Gasteiger partial charge in [-0.25, -0.2) is 15.0 Å². The Balaban J connectivity index is 1.15. The van der Waals surface area contributed by atoms with Crippen LogP contribution in [0.1, 0.15) is 22.9 Å². The summed E-state index contributed by atoms with van der Waals surface area (Å²) >= 11 is 1.69. The minimum Gasteiger partial charge on any atom is -0.454 e. The van der Waals surface area contributed by atoms with Crippen molar-refractivity contribution in [3.63, 3.8) is 0 Å². The molecule has 10 rings (SSSR count). The van der Waals surface area contributed by atoms with E-state index in [-0.39, 0.29) is 0 Å². The molecule has 0 bridgehead atoms. The Morgan fingerprint density at radius 1 is 0.562 bits per heavy atom. The van der Waals surface area contributed by atoms with Gasteiger partial charge in [0.1, 0.15) is 27.8 Å². The zero-order valence-corrected chi connectivity index (χ0v) is 26.4. The molecule has 1 unspecified atom stereocenters. The fourth-order valence-electron chi connectivity index (χ4n) is 6.85. The van der Waals surface area contributed by atoms with Crippen molar-refractivity contribution < 1.29 is 4.42 Å². The normalized spacial score (nSPS) is 14.9. The Kier molecular flexibility index (Phi) is 6.04. The van der Waals surface area contributed by atoms with Gasteiger partial charge in [-0.05, 0) is 45.8 Å². The molecule has 9 aromatic rings. The molecule has 0 amide bonds. The van der Waals surface area contributed by atoms with E-state index >= 15 is 0 Å². The van der Waals surface area contributed by atoms with Crippen molar-refractivity contribution >= 4 is 76.7 Å². The van der Waals surface area contributed by atoms with Gasteiger partial charge >= 0.3 is 0 Å². The lowest BCUT2D eigenvalue weighted by Gasteiger charge is -2.23. The molecule has 3 heterocycles. The van der Waals surface area contributed by atoms with Crippen LogP contribution in [0, 0.1) is 0 Å². The molecule has 1 aliphatic heterocycles. The Labute approximate surface area is 279 Å². The number of thiazole rings is 1. The second kappa shape index (κ2) is 10.7. The third-order valence-corrected chi connectivity index (χ3v) is 10.2. The van der Waals surface area contributed by atoms with Crippen molar-refractivity contribution in [3.8, 4) is 10.6 Å². The lowest BCUT2D eigenvalue weighted by atomic mass is 9.98. The summed E-state index contributed by atoms with van der Waals surface area (Å²) in [6.45, 7) is 0. The van der Waals surface area contributed by atoms with Crippen LogP contribution in [0.3, 0.4) is 0 Å². The number of amidine groups is 2. The van der Waals surface area contributed by atoms with Crippen molar-refractivity contribution in [3.05, 3.63) is 162 Å². The molecule has 1 N–H and O–H groups in total. The van der Waals surface area contributed by atoms with E-state index < -0.39 is 6.17 Å². The summed E-state index contributed by atoms with van der Waals surface area (Å²) in [5.41, 5.74) is 6.75. The van der Waals surface area contributed by atoms with Gasteiger partial charge in [0.2, 0.25) is 0 Å². The monoisotopic (exact) mass is 634 g/mol. The zero-order valence-electron chi connectivity index (χ0n) is 25.6. The van der Waals surface area contributed by atoms with E-state index in [4.69, 9.17) is 19.4 Å². The molecule has 0 saturated carbocycles. The molecule has 0 spiro atoms. The topological polar surface area (TPSA) is 62.8 Å². The van der Waals surface area contributed by atoms with Crippen molar-refractivity contribution in [2.75, 3.05) is 0 Å². The molecule has 0 fully saturated rings. The van der Waals surface area contributed by atoms with Crippen LogP contribution >= 0.6 is 11.3 Å². The van der Waals surface area contributed by atoms with Gasteiger partial charge in [-0.3, -0.25) is 0 Å². The van der Waals surface area contributed by atoms with Crippen LogP contribution in [0.25, 0.3) is 64.3 Å². The van der Waals surface area contributed by atoms with E-state index in [1.165, 1.54) is 10.8 Å². The molecule has 2 aromatic heterocycles. The lowest BCUT2D eigenvalue weighted by Crippen LogP contribution is -2.36. The number of aromatic nitrogens is 1. The van der Waals surface area contributed by atoms with Crippen LogP contribution in [-0.4, -0.2) is 16.7 Å². The van der Waals surface area contributed by atoms with Crippen LogP contribution in [0.2, 0.25) is 0 Å². The van der Waals surface area contributed by atoms with E-state index in [1.54, 1.807) is 11.3 Å². The highest BCUT2D eigenvalue weighted by Crippen LogP contribution is 2.42. The van der Waals surface area contributed by atoms with Crippen molar-refractivity contribution in [2.24, 2.45) is 9.98 Å². The zero-order chi connectivity index (χ0) is 31.6. The first-order valence-electron chi connectivity index (χ1n) is 16.0. The third kappa shape index (κ3) is 4.34. The summed E-state index contributed by atoms with van der Waals surface area (Å²) in [7, 11) is 0. The Morgan fingerprint density at radius 2 is 1.29 bits per heavy atom. The first-order chi connectivity index (χ1) is 23.8. The summed E-state index contributed by atoms with van der Waals surface area (Å²) < 4.78 is 7.68. The largest absolute Gasteiger partial charge is 0.454 e. The third-order valence-electron chi connectivity index (χ3n) is 9.16. The second-order valence-electron chi connectivity index (χ2n) is 12.0. The number of benzene rings is 7. The molecular formula is C42H26N4OS. The fraction of sp³-hybridized carbons (Fsp3) is 0.0238. The molecule has 7 aromatic carbocycles. The highest BCUT2D eigenvalue weighted by atomic mass is 32.1. The lowest BCUT2D eigenvalue weighted by molar-refractivity contribution is 0.672. The van der Waals surface area contributed by atoms with Crippen LogP contribution in [0.15, 0.2) is 160 Å². The number of nitrogens with zero attached hydrogens (tertiary/aromatic N) is 3. The maximum Gasteiger partial charge on any atom is 0.170 e. The van der Waals surface area contributed by atoms with Crippen LogP contribution in [-0.2, 0) is 0 Å². The minimum absolute atomic E-state index is 0.444. The first-order valence-corrected chi connectivity index (χ1v) is 16.8. The summed E-state index contributed by atoms with van der Waals surface area (Å²) in [5, 5.41) is 11.3. The van der Waals surface area contributed by atoms with Crippen LogP contribution < -0.4 is 5.32 Å². The molecule has 226 valence electrons. The van der Waals surface area contributed by atoms with Gasteiger partial charge in [-0.15, -0.1) is 11.3 Å². The van der Waals surface area contributed by atoms with Crippen LogP contribution in [0.4, 0.5) is 0 Å². The molecule has 48 heavy (non-hydrogen) atoms. The molecule has 1 atom stereocenters. The summed E-state index contributed by atoms with van der Waals surface area (Å²) in [5.74, 6) is 1.59. The number of nitrogens with one attached hydrogen (secondary N) is 1. The SMILES string of the molecule is c1ccc(C2=NC(c3cccc4c3ccc3oc5c(ccc6sc(-c7ccccc7)nc65)c34)N=C(c3ccc4ccccc4c3)N2)cc1. The number of aliphatic imine (C=N–C) groups is 2. The summed E-state index contributed by atoms with van der Waals surface area (Å²) in [4.78, 5) is 15.5. The van der Waals surface area contributed by atoms with Crippen LogP contribution in [0.5, 0.6) is 0 Å².